The molecule has 5 N–H and O–H groups in total. The zero-order valence-electron chi connectivity index (χ0n) is 12.4. The molecule has 3 atom stereocenters. The summed E-state index contributed by atoms with van der Waals surface area (Å²) in [4.78, 5) is 24.4. The summed E-state index contributed by atoms with van der Waals surface area (Å²) in [5, 5.41) is 9.29. The molecule has 0 saturated carbocycles. The Balaban J connectivity index is 2.81. The fourth-order valence-corrected chi connectivity index (χ4v) is 2.72. The number of amides is 1. The van der Waals surface area contributed by atoms with Gasteiger partial charge < -0.3 is 21.5 Å². The molecule has 1 aliphatic heterocycles. The van der Waals surface area contributed by atoms with E-state index in [0.29, 0.717) is 6.42 Å². The topological polar surface area (TPSA) is 110 Å². The fraction of sp³-hybridized carbons (Fsp3) is 0.846. The van der Waals surface area contributed by atoms with E-state index in [2.05, 4.69) is 0 Å². The number of hydrogen-bond donors (Lipinski definition) is 3. The van der Waals surface area contributed by atoms with Gasteiger partial charge in [-0.1, -0.05) is 19.8 Å². The van der Waals surface area contributed by atoms with Crippen LogP contribution in [0.15, 0.2) is 0 Å². The van der Waals surface area contributed by atoms with Gasteiger partial charge in [-0.15, -0.1) is 0 Å². The molecule has 0 aromatic rings. The molecule has 1 aliphatic rings. The highest BCUT2D eigenvalue weighted by Gasteiger charge is 2.51. The molecule has 9 heteroatoms. The van der Waals surface area contributed by atoms with E-state index in [4.69, 9.17) is 11.5 Å². The molecule has 0 aromatic carbocycles. The number of carbonyl (C=O) groups excluding carboxylic acids is 1. The fourth-order valence-electron chi connectivity index (χ4n) is 2.72. The molecule has 1 heterocycles. The van der Waals surface area contributed by atoms with E-state index in [1.165, 1.54) is 0 Å². The Kier molecular flexibility index (Phi) is 5.80. The van der Waals surface area contributed by atoms with Crippen LogP contribution < -0.4 is 11.5 Å². The molecule has 6 nitrogen and oxygen atoms in total. The van der Waals surface area contributed by atoms with Crippen LogP contribution in [-0.2, 0) is 9.59 Å². The number of carboxylic acids is 1. The van der Waals surface area contributed by atoms with Crippen molar-refractivity contribution in [1.82, 2.24) is 4.90 Å². The summed E-state index contributed by atoms with van der Waals surface area (Å²) in [5.74, 6) is -2.66. The van der Waals surface area contributed by atoms with Gasteiger partial charge in [-0.2, -0.15) is 13.2 Å². The van der Waals surface area contributed by atoms with Crippen molar-refractivity contribution in [2.45, 2.75) is 50.4 Å². The molecule has 128 valence electrons. The maximum atomic E-state index is 12.3. The number of nitrogens with zero attached hydrogens (tertiary/aromatic N) is 1. The van der Waals surface area contributed by atoms with Crippen LogP contribution in [-0.4, -0.2) is 52.7 Å². The molecule has 2 unspecified atom stereocenters. The molecule has 0 aromatic heterocycles. The predicted octanol–water partition coefficient (Wildman–Crippen LogP) is 0.697. The summed E-state index contributed by atoms with van der Waals surface area (Å²) in [6.45, 7) is 1.63. The van der Waals surface area contributed by atoms with E-state index in [9.17, 15) is 27.9 Å². The molecular weight excluding hydrogens is 303 g/mol. The Hall–Kier alpha value is -1.35. The molecule has 0 bridgehead atoms. The van der Waals surface area contributed by atoms with Crippen LogP contribution in [0.3, 0.4) is 0 Å². The Labute approximate surface area is 126 Å². The summed E-state index contributed by atoms with van der Waals surface area (Å²) in [6, 6.07) is -1.73. The van der Waals surface area contributed by atoms with E-state index in [-0.39, 0.29) is 13.1 Å². The minimum atomic E-state index is -4.55. The highest BCUT2D eigenvalue weighted by molar-refractivity contribution is 5.86. The number of alkyl halides is 3. The van der Waals surface area contributed by atoms with Crippen molar-refractivity contribution >= 4 is 11.9 Å². The second kappa shape index (κ2) is 6.82. The van der Waals surface area contributed by atoms with Crippen molar-refractivity contribution in [3.8, 4) is 0 Å². The van der Waals surface area contributed by atoms with Gasteiger partial charge >= 0.3 is 12.1 Å². The first-order valence-electron chi connectivity index (χ1n) is 7.14. The van der Waals surface area contributed by atoms with Gasteiger partial charge in [-0.05, 0) is 6.42 Å². The van der Waals surface area contributed by atoms with Gasteiger partial charge in [0.2, 0.25) is 5.91 Å². The first-order chi connectivity index (χ1) is 10.0. The lowest BCUT2D eigenvalue weighted by Gasteiger charge is -2.25. The zero-order valence-corrected chi connectivity index (χ0v) is 12.4. The zero-order chi connectivity index (χ0) is 17.1. The number of rotatable bonds is 6. The highest BCUT2D eigenvalue weighted by Crippen LogP contribution is 2.31. The van der Waals surface area contributed by atoms with E-state index in [0.717, 1.165) is 17.7 Å². The van der Waals surface area contributed by atoms with Crippen LogP contribution in [0.5, 0.6) is 0 Å². The Bertz CT molecular complexity index is 430. The van der Waals surface area contributed by atoms with Gasteiger partial charge in [-0.25, -0.2) is 0 Å². The van der Waals surface area contributed by atoms with Crippen LogP contribution >= 0.6 is 0 Å². The van der Waals surface area contributed by atoms with Crippen LogP contribution in [0.4, 0.5) is 13.2 Å². The molecule has 0 aliphatic carbocycles. The first kappa shape index (κ1) is 18.7. The number of likely N-dealkylation sites (tertiary alicyclic amines) is 1. The van der Waals surface area contributed by atoms with Crippen molar-refractivity contribution < 1.29 is 27.9 Å². The van der Waals surface area contributed by atoms with E-state index < -0.39 is 42.0 Å². The number of nitrogens with two attached hydrogens (primary N) is 2. The van der Waals surface area contributed by atoms with Crippen molar-refractivity contribution in [1.29, 1.82) is 0 Å². The normalized spacial score (nSPS) is 27.0. The van der Waals surface area contributed by atoms with E-state index >= 15 is 0 Å². The maximum absolute atomic E-state index is 12.3. The monoisotopic (exact) mass is 325 g/mol. The van der Waals surface area contributed by atoms with Crippen molar-refractivity contribution in [3.63, 3.8) is 0 Å². The average Bonchev–Trinajstić information content (AvgIpc) is 2.72. The lowest BCUT2D eigenvalue weighted by Crippen LogP contribution is -2.55. The minimum Gasteiger partial charge on any atom is -0.480 e. The van der Waals surface area contributed by atoms with Crippen LogP contribution in [0.25, 0.3) is 0 Å². The Morgan fingerprint density at radius 2 is 2.05 bits per heavy atom. The molecule has 1 amide bonds. The number of carboxylic acid groups (broad SMARTS) is 1. The molecule has 0 spiro atoms. The van der Waals surface area contributed by atoms with Gasteiger partial charge in [0.25, 0.3) is 0 Å². The van der Waals surface area contributed by atoms with Gasteiger partial charge in [-0.3, -0.25) is 9.59 Å². The maximum Gasteiger partial charge on any atom is 0.391 e. The lowest BCUT2D eigenvalue weighted by atomic mass is 9.84. The number of unbranched alkanes of at least 4 members (excludes halogenated alkanes) is 1. The molecule has 0 radical (unpaired) electrons. The number of halogens is 3. The average molecular weight is 325 g/mol. The van der Waals surface area contributed by atoms with Crippen LogP contribution in [0, 0.1) is 5.92 Å². The largest absolute Gasteiger partial charge is 0.480 e. The Morgan fingerprint density at radius 1 is 1.45 bits per heavy atom. The Morgan fingerprint density at radius 3 is 2.50 bits per heavy atom. The minimum absolute atomic E-state index is 0.0210. The van der Waals surface area contributed by atoms with Crippen LogP contribution in [0.2, 0.25) is 0 Å². The van der Waals surface area contributed by atoms with Crippen LogP contribution in [0.1, 0.15) is 32.6 Å². The third kappa shape index (κ3) is 4.33. The summed E-state index contributed by atoms with van der Waals surface area (Å²) < 4.78 is 36.9. The van der Waals surface area contributed by atoms with Crippen molar-refractivity contribution in [3.05, 3.63) is 0 Å². The third-order valence-electron chi connectivity index (χ3n) is 4.01. The highest BCUT2D eigenvalue weighted by atomic mass is 19.4. The quantitative estimate of drug-likeness (QED) is 0.666. The molecule has 1 fully saturated rings. The number of carbonyl (C=O) groups is 2. The number of hydrogen-bond acceptors (Lipinski definition) is 4. The molecular formula is C13H22F3N3O3. The SMILES string of the molecule is CCCCC1CN(C(=O)C(N)CC(F)(F)F)C[C@@]1(N)C(=O)O. The summed E-state index contributed by atoms with van der Waals surface area (Å²) in [6.07, 6.45) is -3.94. The lowest BCUT2D eigenvalue weighted by molar-refractivity contribution is -0.152. The van der Waals surface area contributed by atoms with Gasteiger partial charge in [0, 0.05) is 19.0 Å². The van der Waals surface area contributed by atoms with E-state index in [1.54, 1.807) is 0 Å². The van der Waals surface area contributed by atoms with Gasteiger partial charge in [0.05, 0.1) is 12.5 Å². The summed E-state index contributed by atoms with van der Waals surface area (Å²) in [5.41, 5.74) is 9.54. The molecule has 22 heavy (non-hydrogen) atoms. The molecule has 1 rings (SSSR count). The standard InChI is InChI=1S/C13H22F3N3O3/c1-2-3-4-8-6-19(7-12(8,18)11(21)22)10(20)9(17)5-13(14,15)16/h8-9H,2-7,17-18H2,1H3,(H,21,22)/t8?,9?,12-/m0/s1. The number of aliphatic carboxylic acids is 1. The van der Waals surface area contributed by atoms with E-state index in [1.807, 2.05) is 6.92 Å². The third-order valence-corrected chi connectivity index (χ3v) is 4.01. The second-order valence-corrected chi connectivity index (χ2v) is 5.83. The predicted molar refractivity (Wildman–Crippen MR) is 72.8 cm³/mol. The smallest absolute Gasteiger partial charge is 0.391 e. The first-order valence-corrected chi connectivity index (χ1v) is 7.14. The summed E-state index contributed by atoms with van der Waals surface area (Å²) in [7, 11) is 0. The van der Waals surface area contributed by atoms with Crippen molar-refractivity contribution in [2.24, 2.45) is 17.4 Å². The molecule has 1 saturated heterocycles. The second-order valence-electron chi connectivity index (χ2n) is 5.83. The summed E-state index contributed by atoms with van der Waals surface area (Å²) >= 11 is 0. The van der Waals surface area contributed by atoms with Gasteiger partial charge in [0.15, 0.2) is 0 Å². The van der Waals surface area contributed by atoms with Gasteiger partial charge in [0.1, 0.15) is 5.54 Å². The van der Waals surface area contributed by atoms with Crippen molar-refractivity contribution in [2.75, 3.05) is 13.1 Å².